The van der Waals surface area contributed by atoms with Crippen molar-refractivity contribution in [2.75, 3.05) is 11.6 Å². The van der Waals surface area contributed by atoms with Crippen LogP contribution in [0.3, 0.4) is 0 Å². The molecule has 1 unspecified atom stereocenters. The van der Waals surface area contributed by atoms with Crippen molar-refractivity contribution in [1.29, 1.82) is 0 Å². The summed E-state index contributed by atoms with van der Waals surface area (Å²) in [5.41, 5.74) is 1.04. The predicted molar refractivity (Wildman–Crippen MR) is 54.7 cm³/mol. The molecule has 0 spiro atoms. The van der Waals surface area contributed by atoms with Crippen LogP contribution in [0.2, 0.25) is 0 Å². The minimum Gasteiger partial charge on any atom is -0.222 e. The smallest absolute Gasteiger partial charge is 0.0970 e. The van der Waals surface area contributed by atoms with Gasteiger partial charge < -0.3 is 0 Å². The van der Waals surface area contributed by atoms with Crippen molar-refractivity contribution in [2.45, 2.75) is 25.9 Å². The third-order valence-corrected chi connectivity index (χ3v) is 2.42. The zero-order valence-electron chi connectivity index (χ0n) is 8.35. The minimum atomic E-state index is 0.245. The SMILES string of the molecule is CCC1CCN(c2ccccc2)OO1. The molecule has 0 aliphatic carbocycles. The van der Waals surface area contributed by atoms with Gasteiger partial charge in [0.05, 0.1) is 18.3 Å². The topological polar surface area (TPSA) is 21.7 Å². The number of benzene rings is 1. The fourth-order valence-corrected chi connectivity index (χ4v) is 1.50. The third kappa shape index (κ3) is 2.05. The summed E-state index contributed by atoms with van der Waals surface area (Å²) in [6, 6.07) is 9.99. The van der Waals surface area contributed by atoms with Crippen molar-refractivity contribution in [1.82, 2.24) is 0 Å². The number of hydroxylamine groups is 1. The van der Waals surface area contributed by atoms with Gasteiger partial charge in [-0.25, -0.2) is 9.95 Å². The summed E-state index contributed by atoms with van der Waals surface area (Å²) in [7, 11) is 0. The van der Waals surface area contributed by atoms with E-state index in [2.05, 4.69) is 6.92 Å². The number of hydrogen-bond donors (Lipinski definition) is 0. The minimum absolute atomic E-state index is 0.245. The van der Waals surface area contributed by atoms with Gasteiger partial charge >= 0.3 is 0 Å². The van der Waals surface area contributed by atoms with Crippen molar-refractivity contribution in [3.05, 3.63) is 30.3 Å². The Kier molecular flexibility index (Phi) is 3.01. The molecule has 0 aromatic heterocycles. The zero-order valence-corrected chi connectivity index (χ0v) is 8.35. The van der Waals surface area contributed by atoms with Gasteiger partial charge in [0.25, 0.3) is 0 Å². The molecular weight excluding hydrogens is 178 g/mol. The Labute approximate surface area is 84.1 Å². The molecule has 1 heterocycles. The highest BCUT2D eigenvalue weighted by Gasteiger charge is 2.19. The van der Waals surface area contributed by atoms with Gasteiger partial charge in [0.15, 0.2) is 0 Å². The summed E-state index contributed by atoms with van der Waals surface area (Å²) in [6.07, 6.45) is 2.27. The van der Waals surface area contributed by atoms with Gasteiger partial charge in [-0.1, -0.05) is 25.1 Å². The fraction of sp³-hybridized carbons (Fsp3) is 0.455. The van der Waals surface area contributed by atoms with Crippen LogP contribution in [0, 0.1) is 0 Å². The number of nitrogens with zero attached hydrogens (tertiary/aromatic N) is 1. The summed E-state index contributed by atoms with van der Waals surface area (Å²) >= 11 is 0. The molecule has 2 rings (SSSR count). The molecule has 1 aromatic carbocycles. The summed E-state index contributed by atoms with van der Waals surface area (Å²) < 4.78 is 0. The molecule has 1 aliphatic heterocycles. The first kappa shape index (κ1) is 9.49. The highest BCUT2D eigenvalue weighted by atomic mass is 17.3. The average Bonchev–Trinajstić information content (AvgIpc) is 2.30. The zero-order chi connectivity index (χ0) is 9.80. The summed E-state index contributed by atoms with van der Waals surface area (Å²) in [4.78, 5) is 10.4. The number of rotatable bonds is 2. The Bertz CT molecular complexity index is 268. The molecule has 1 aliphatic rings. The van der Waals surface area contributed by atoms with E-state index < -0.39 is 0 Å². The molecule has 0 saturated carbocycles. The van der Waals surface area contributed by atoms with Gasteiger partial charge in [0, 0.05) is 0 Å². The lowest BCUT2D eigenvalue weighted by molar-refractivity contribution is -0.351. The van der Waals surface area contributed by atoms with Crippen LogP contribution < -0.4 is 5.06 Å². The Morgan fingerprint density at radius 3 is 2.71 bits per heavy atom. The molecule has 14 heavy (non-hydrogen) atoms. The van der Waals surface area contributed by atoms with Crippen LogP contribution in [0.1, 0.15) is 19.8 Å². The summed E-state index contributed by atoms with van der Waals surface area (Å²) in [6.45, 7) is 2.99. The molecule has 1 fully saturated rings. The lowest BCUT2D eigenvalue weighted by atomic mass is 10.2. The van der Waals surface area contributed by atoms with Crippen LogP contribution in [-0.4, -0.2) is 12.6 Å². The second-order valence-corrected chi connectivity index (χ2v) is 3.43. The Hall–Kier alpha value is -1.06. The first-order chi connectivity index (χ1) is 6.90. The molecule has 76 valence electrons. The maximum Gasteiger partial charge on any atom is 0.0970 e. The average molecular weight is 193 g/mol. The Morgan fingerprint density at radius 2 is 2.14 bits per heavy atom. The van der Waals surface area contributed by atoms with E-state index in [9.17, 15) is 0 Å². The monoisotopic (exact) mass is 193 g/mol. The Balaban J connectivity index is 1.96. The summed E-state index contributed by atoms with van der Waals surface area (Å²) in [5, 5.41) is 1.78. The van der Waals surface area contributed by atoms with Gasteiger partial charge in [0.1, 0.15) is 0 Å². The van der Waals surface area contributed by atoms with Crippen molar-refractivity contribution in [3.8, 4) is 0 Å². The van der Waals surface area contributed by atoms with E-state index >= 15 is 0 Å². The number of hydrogen-bond acceptors (Lipinski definition) is 3. The van der Waals surface area contributed by atoms with Crippen LogP contribution in [0.4, 0.5) is 5.69 Å². The van der Waals surface area contributed by atoms with Gasteiger partial charge in [-0.3, -0.25) is 0 Å². The molecule has 0 amide bonds. The Morgan fingerprint density at radius 1 is 1.36 bits per heavy atom. The lowest BCUT2D eigenvalue weighted by Crippen LogP contribution is -2.35. The number of para-hydroxylation sites is 1. The molecule has 1 saturated heterocycles. The van der Waals surface area contributed by atoms with Crippen LogP contribution in [0.15, 0.2) is 30.3 Å². The second-order valence-electron chi connectivity index (χ2n) is 3.43. The van der Waals surface area contributed by atoms with Crippen molar-refractivity contribution in [2.24, 2.45) is 0 Å². The lowest BCUT2D eigenvalue weighted by Gasteiger charge is -2.30. The van der Waals surface area contributed by atoms with Gasteiger partial charge in [-0.05, 0) is 25.0 Å². The second kappa shape index (κ2) is 4.44. The quantitative estimate of drug-likeness (QED) is 0.674. The fourth-order valence-electron chi connectivity index (χ4n) is 1.50. The molecular formula is C11H15NO2. The maximum atomic E-state index is 5.22. The first-order valence-corrected chi connectivity index (χ1v) is 5.06. The summed E-state index contributed by atoms with van der Waals surface area (Å²) in [5.74, 6) is 0. The molecule has 1 atom stereocenters. The third-order valence-electron chi connectivity index (χ3n) is 2.42. The highest BCUT2D eigenvalue weighted by Crippen LogP contribution is 2.20. The van der Waals surface area contributed by atoms with E-state index in [1.165, 1.54) is 0 Å². The van der Waals surface area contributed by atoms with E-state index in [1.807, 2.05) is 30.3 Å². The van der Waals surface area contributed by atoms with Crippen LogP contribution in [-0.2, 0) is 9.88 Å². The van der Waals surface area contributed by atoms with Gasteiger partial charge in [-0.2, -0.15) is 0 Å². The number of anilines is 1. The molecule has 3 nitrogen and oxygen atoms in total. The predicted octanol–water partition coefficient (Wildman–Crippen LogP) is 2.54. The van der Waals surface area contributed by atoms with Crippen molar-refractivity contribution >= 4 is 5.69 Å². The normalized spacial score (nSPS) is 22.4. The van der Waals surface area contributed by atoms with Crippen molar-refractivity contribution in [3.63, 3.8) is 0 Å². The largest absolute Gasteiger partial charge is 0.222 e. The van der Waals surface area contributed by atoms with E-state index in [4.69, 9.17) is 9.88 Å². The van der Waals surface area contributed by atoms with E-state index in [0.717, 1.165) is 25.1 Å². The molecule has 0 N–H and O–H groups in total. The van der Waals surface area contributed by atoms with E-state index in [-0.39, 0.29) is 6.10 Å². The van der Waals surface area contributed by atoms with E-state index in [1.54, 1.807) is 5.06 Å². The van der Waals surface area contributed by atoms with E-state index in [0.29, 0.717) is 0 Å². The van der Waals surface area contributed by atoms with Crippen molar-refractivity contribution < 1.29 is 9.88 Å². The highest BCUT2D eigenvalue weighted by molar-refractivity contribution is 5.43. The van der Waals surface area contributed by atoms with Gasteiger partial charge in [-0.15, -0.1) is 4.99 Å². The van der Waals surface area contributed by atoms with Gasteiger partial charge in [0.2, 0.25) is 0 Å². The van der Waals surface area contributed by atoms with Crippen LogP contribution in [0.5, 0.6) is 0 Å². The van der Waals surface area contributed by atoms with Crippen LogP contribution in [0.25, 0.3) is 0 Å². The maximum absolute atomic E-state index is 5.22. The molecule has 1 aromatic rings. The molecule has 0 bridgehead atoms. The first-order valence-electron chi connectivity index (χ1n) is 5.06. The molecule has 3 heteroatoms. The van der Waals surface area contributed by atoms with Crippen LogP contribution >= 0.6 is 0 Å². The molecule has 0 radical (unpaired) electrons. The standard InChI is InChI=1S/C11H15NO2/c1-2-11-8-9-12(14-13-11)10-6-4-3-5-7-10/h3-7,11H,2,8-9H2,1H3.